The lowest BCUT2D eigenvalue weighted by atomic mass is 9.85. The summed E-state index contributed by atoms with van der Waals surface area (Å²) in [5.41, 5.74) is 0.284. The zero-order chi connectivity index (χ0) is 11.5. The third-order valence-corrected chi connectivity index (χ3v) is 3.23. The molecule has 0 radical (unpaired) electrons. The molecule has 1 aliphatic carbocycles. The summed E-state index contributed by atoms with van der Waals surface area (Å²) in [5.74, 6) is 0.244. The van der Waals surface area contributed by atoms with Crippen molar-refractivity contribution >= 4 is 6.09 Å². The first kappa shape index (κ1) is 10.9. The minimum atomic E-state index is -1.21. The van der Waals surface area contributed by atoms with Gasteiger partial charge in [0, 0.05) is 11.8 Å². The Bertz CT molecular complexity index is 444. The molecule has 4 nitrogen and oxygen atoms in total. The van der Waals surface area contributed by atoms with Crippen LogP contribution < -0.4 is 5.56 Å². The van der Waals surface area contributed by atoms with E-state index in [1.54, 1.807) is 12.1 Å². The van der Waals surface area contributed by atoms with Gasteiger partial charge in [-0.05, 0) is 24.8 Å². The minimum Gasteiger partial charge on any atom is -0.464 e. The lowest BCUT2D eigenvalue weighted by Crippen LogP contribution is -2.29. The van der Waals surface area contributed by atoms with Crippen LogP contribution in [0.2, 0.25) is 0 Å². The molecule has 16 heavy (non-hydrogen) atoms. The van der Waals surface area contributed by atoms with Gasteiger partial charge < -0.3 is 5.11 Å². The molecule has 1 fully saturated rings. The Morgan fingerprint density at radius 1 is 1.31 bits per heavy atom. The van der Waals surface area contributed by atoms with Crippen molar-refractivity contribution < 1.29 is 9.90 Å². The van der Waals surface area contributed by atoms with Crippen LogP contribution in [0.25, 0.3) is 0 Å². The SMILES string of the molecule is O=C(O)n1cccc(C2CCCCC2)c1=O. The van der Waals surface area contributed by atoms with Gasteiger partial charge in [0.05, 0.1) is 0 Å². The minimum absolute atomic E-state index is 0.244. The van der Waals surface area contributed by atoms with E-state index in [-0.39, 0.29) is 11.5 Å². The Morgan fingerprint density at radius 3 is 2.62 bits per heavy atom. The summed E-state index contributed by atoms with van der Waals surface area (Å²) in [4.78, 5) is 22.7. The van der Waals surface area contributed by atoms with Crippen molar-refractivity contribution in [1.82, 2.24) is 4.57 Å². The molecule has 1 aromatic rings. The van der Waals surface area contributed by atoms with Crippen LogP contribution in [0.4, 0.5) is 4.79 Å². The molecule has 0 atom stereocenters. The van der Waals surface area contributed by atoms with E-state index in [2.05, 4.69) is 0 Å². The first-order valence-corrected chi connectivity index (χ1v) is 5.65. The second kappa shape index (κ2) is 4.51. The molecular weight excluding hydrogens is 206 g/mol. The van der Waals surface area contributed by atoms with Crippen LogP contribution in [0, 0.1) is 0 Å². The molecule has 1 N–H and O–H groups in total. The normalized spacial score (nSPS) is 17.2. The number of pyridine rings is 1. The number of carboxylic acid groups (broad SMARTS) is 1. The van der Waals surface area contributed by atoms with E-state index in [9.17, 15) is 9.59 Å². The molecule has 0 saturated heterocycles. The molecule has 0 unspecified atom stereocenters. The summed E-state index contributed by atoms with van der Waals surface area (Å²) in [7, 11) is 0. The monoisotopic (exact) mass is 221 g/mol. The highest BCUT2D eigenvalue weighted by Crippen LogP contribution is 2.30. The van der Waals surface area contributed by atoms with Crippen LogP contribution in [0.1, 0.15) is 43.6 Å². The van der Waals surface area contributed by atoms with Gasteiger partial charge >= 0.3 is 6.09 Å². The van der Waals surface area contributed by atoms with E-state index in [0.29, 0.717) is 5.56 Å². The maximum atomic E-state index is 11.9. The second-order valence-electron chi connectivity index (χ2n) is 4.26. The van der Waals surface area contributed by atoms with E-state index in [1.165, 1.54) is 12.6 Å². The van der Waals surface area contributed by atoms with Crippen molar-refractivity contribution in [3.63, 3.8) is 0 Å². The quantitative estimate of drug-likeness (QED) is 0.792. The molecule has 1 saturated carbocycles. The number of hydrogen-bond donors (Lipinski definition) is 1. The Balaban J connectivity index is 2.37. The van der Waals surface area contributed by atoms with Crippen LogP contribution in [-0.4, -0.2) is 15.8 Å². The molecule has 0 spiro atoms. The zero-order valence-corrected chi connectivity index (χ0v) is 9.06. The van der Waals surface area contributed by atoms with Crippen LogP contribution >= 0.6 is 0 Å². The lowest BCUT2D eigenvalue weighted by molar-refractivity contribution is 0.195. The molecule has 0 bridgehead atoms. The molecule has 1 aromatic heterocycles. The fourth-order valence-electron chi connectivity index (χ4n) is 2.39. The summed E-state index contributed by atoms with van der Waals surface area (Å²) in [5, 5.41) is 8.85. The number of nitrogens with zero attached hydrogens (tertiary/aromatic N) is 1. The van der Waals surface area contributed by atoms with Gasteiger partial charge in [-0.2, -0.15) is 0 Å². The molecule has 1 aliphatic rings. The summed E-state index contributed by atoms with van der Waals surface area (Å²) < 4.78 is 0.768. The van der Waals surface area contributed by atoms with E-state index < -0.39 is 6.09 Å². The van der Waals surface area contributed by atoms with E-state index >= 15 is 0 Å². The van der Waals surface area contributed by atoms with Gasteiger partial charge in [-0.25, -0.2) is 9.36 Å². The number of carbonyl (C=O) groups is 1. The van der Waals surface area contributed by atoms with Crippen LogP contribution in [0.3, 0.4) is 0 Å². The van der Waals surface area contributed by atoms with Crippen molar-refractivity contribution in [3.8, 4) is 0 Å². The lowest BCUT2D eigenvalue weighted by Gasteiger charge is -2.21. The Morgan fingerprint density at radius 2 is 2.00 bits per heavy atom. The van der Waals surface area contributed by atoms with Gasteiger partial charge in [0.25, 0.3) is 5.56 Å². The average molecular weight is 221 g/mol. The topological polar surface area (TPSA) is 59.3 Å². The van der Waals surface area contributed by atoms with Crippen molar-refractivity contribution in [1.29, 1.82) is 0 Å². The Kier molecular flexibility index (Phi) is 3.08. The number of aromatic nitrogens is 1. The summed E-state index contributed by atoms with van der Waals surface area (Å²) >= 11 is 0. The highest BCUT2D eigenvalue weighted by molar-refractivity contribution is 5.67. The summed E-state index contributed by atoms with van der Waals surface area (Å²) in [6.45, 7) is 0. The predicted octanol–water partition coefficient (Wildman–Crippen LogP) is 2.42. The van der Waals surface area contributed by atoms with Crippen LogP contribution in [0.15, 0.2) is 23.1 Å². The van der Waals surface area contributed by atoms with Crippen molar-refractivity contribution in [2.24, 2.45) is 0 Å². The van der Waals surface area contributed by atoms with Gasteiger partial charge in [0.1, 0.15) is 0 Å². The average Bonchev–Trinajstić information content (AvgIpc) is 2.30. The van der Waals surface area contributed by atoms with E-state index in [0.717, 1.165) is 30.3 Å². The Labute approximate surface area is 93.5 Å². The summed E-state index contributed by atoms with van der Waals surface area (Å²) in [6, 6.07) is 3.40. The fraction of sp³-hybridized carbons (Fsp3) is 0.500. The molecule has 0 aromatic carbocycles. The first-order chi connectivity index (χ1) is 7.70. The third-order valence-electron chi connectivity index (χ3n) is 3.23. The van der Waals surface area contributed by atoms with Crippen molar-refractivity contribution in [3.05, 3.63) is 34.2 Å². The fourth-order valence-corrected chi connectivity index (χ4v) is 2.39. The van der Waals surface area contributed by atoms with E-state index in [1.807, 2.05) is 0 Å². The van der Waals surface area contributed by atoms with Gasteiger partial charge in [-0.1, -0.05) is 25.3 Å². The first-order valence-electron chi connectivity index (χ1n) is 5.65. The smallest absolute Gasteiger partial charge is 0.418 e. The maximum Gasteiger partial charge on any atom is 0.418 e. The molecule has 4 heteroatoms. The molecule has 2 rings (SSSR count). The highest BCUT2D eigenvalue weighted by Gasteiger charge is 2.19. The van der Waals surface area contributed by atoms with Gasteiger partial charge in [0.2, 0.25) is 0 Å². The molecule has 0 aliphatic heterocycles. The van der Waals surface area contributed by atoms with Gasteiger partial charge in [0.15, 0.2) is 0 Å². The van der Waals surface area contributed by atoms with Crippen LogP contribution in [0.5, 0.6) is 0 Å². The highest BCUT2D eigenvalue weighted by atomic mass is 16.4. The largest absolute Gasteiger partial charge is 0.464 e. The summed E-state index contributed by atoms with van der Waals surface area (Å²) in [6.07, 6.45) is 5.58. The number of hydrogen-bond acceptors (Lipinski definition) is 2. The molecule has 0 amide bonds. The Hall–Kier alpha value is -1.58. The molecule has 1 heterocycles. The molecular formula is C12H15NO3. The molecule has 86 valence electrons. The third kappa shape index (κ3) is 2.01. The predicted molar refractivity (Wildman–Crippen MR) is 60.0 cm³/mol. The van der Waals surface area contributed by atoms with E-state index in [4.69, 9.17) is 5.11 Å². The van der Waals surface area contributed by atoms with Crippen molar-refractivity contribution in [2.75, 3.05) is 0 Å². The number of rotatable bonds is 1. The van der Waals surface area contributed by atoms with Crippen LogP contribution in [-0.2, 0) is 0 Å². The zero-order valence-electron chi connectivity index (χ0n) is 9.06. The van der Waals surface area contributed by atoms with Crippen molar-refractivity contribution in [2.45, 2.75) is 38.0 Å². The maximum absolute atomic E-state index is 11.9. The van der Waals surface area contributed by atoms with Gasteiger partial charge in [-0.3, -0.25) is 4.79 Å². The standard InChI is InChI=1S/C12H15NO3/c14-11-10(9-5-2-1-3-6-9)7-4-8-13(11)12(15)16/h4,7-9H,1-3,5-6H2,(H,15,16). The second-order valence-corrected chi connectivity index (χ2v) is 4.26. The van der Waals surface area contributed by atoms with Gasteiger partial charge in [-0.15, -0.1) is 0 Å².